The van der Waals surface area contributed by atoms with Gasteiger partial charge in [0, 0.05) is 37.4 Å². The lowest BCUT2D eigenvalue weighted by molar-refractivity contribution is -0.384. The van der Waals surface area contributed by atoms with E-state index in [2.05, 4.69) is 4.99 Å². The van der Waals surface area contributed by atoms with E-state index < -0.39 is 4.92 Å². The molecule has 1 amide bonds. The summed E-state index contributed by atoms with van der Waals surface area (Å²) in [6, 6.07) is 4.42. The zero-order valence-corrected chi connectivity index (χ0v) is 9.29. The van der Waals surface area contributed by atoms with E-state index in [0.717, 1.165) is 0 Å². The van der Waals surface area contributed by atoms with Crippen LogP contribution in [0.25, 0.3) is 0 Å². The molecule has 1 aliphatic heterocycles. The number of carbonyl (C=O) groups excluding carboxylic acids is 1. The van der Waals surface area contributed by atoms with E-state index in [1.54, 1.807) is 17.2 Å². The molecular formula is C11H11N3O3. The molecule has 2 rings (SSSR count). The van der Waals surface area contributed by atoms with Crippen LogP contribution in [-0.4, -0.2) is 30.1 Å². The second-order valence-electron chi connectivity index (χ2n) is 3.71. The van der Waals surface area contributed by atoms with Crippen molar-refractivity contribution in [3.05, 3.63) is 33.9 Å². The molecule has 1 aromatic carbocycles. The van der Waals surface area contributed by atoms with E-state index in [1.165, 1.54) is 19.1 Å². The lowest BCUT2D eigenvalue weighted by Gasteiger charge is -2.20. The summed E-state index contributed by atoms with van der Waals surface area (Å²) in [6.45, 7) is 2.47. The summed E-state index contributed by atoms with van der Waals surface area (Å²) >= 11 is 0. The number of benzene rings is 1. The summed E-state index contributed by atoms with van der Waals surface area (Å²) in [5, 5.41) is 10.7. The van der Waals surface area contributed by atoms with Gasteiger partial charge < -0.3 is 4.90 Å². The van der Waals surface area contributed by atoms with E-state index in [1.807, 2.05) is 0 Å². The SMILES string of the molecule is CC(=O)N1CCN=Cc2cc([N+](=O)[O-])ccc21. The smallest absolute Gasteiger partial charge is 0.270 e. The van der Waals surface area contributed by atoms with Gasteiger partial charge in [-0.05, 0) is 6.07 Å². The first-order chi connectivity index (χ1) is 8.09. The van der Waals surface area contributed by atoms with Crippen LogP contribution in [0.1, 0.15) is 12.5 Å². The highest BCUT2D eigenvalue weighted by Crippen LogP contribution is 2.25. The van der Waals surface area contributed by atoms with Gasteiger partial charge in [-0.25, -0.2) is 0 Å². The number of rotatable bonds is 1. The second-order valence-corrected chi connectivity index (χ2v) is 3.71. The summed E-state index contributed by atoms with van der Waals surface area (Å²) < 4.78 is 0. The van der Waals surface area contributed by atoms with E-state index in [-0.39, 0.29) is 11.6 Å². The molecule has 0 saturated heterocycles. The Hall–Kier alpha value is -2.24. The molecule has 0 fully saturated rings. The molecule has 0 bridgehead atoms. The first-order valence-electron chi connectivity index (χ1n) is 5.16. The summed E-state index contributed by atoms with van der Waals surface area (Å²) in [4.78, 5) is 27.4. The van der Waals surface area contributed by atoms with Crippen molar-refractivity contribution in [3.8, 4) is 0 Å². The topological polar surface area (TPSA) is 75.8 Å². The number of nitrogens with zero attached hydrogens (tertiary/aromatic N) is 3. The number of carbonyl (C=O) groups is 1. The third-order valence-corrected chi connectivity index (χ3v) is 2.58. The fourth-order valence-electron chi connectivity index (χ4n) is 1.77. The highest BCUT2D eigenvalue weighted by molar-refractivity contribution is 5.99. The monoisotopic (exact) mass is 233 g/mol. The summed E-state index contributed by atoms with van der Waals surface area (Å²) in [7, 11) is 0. The number of nitro benzene ring substituents is 1. The van der Waals surface area contributed by atoms with Gasteiger partial charge >= 0.3 is 0 Å². The summed E-state index contributed by atoms with van der Waals surface area (Å²) in [6.07, 6.45) is 1.57. The number of aliphatic imine (C=N–C) groups is 1. The fourth-order valence-corrected chi connectivity index (χ4v) is 1.77. The van der Waals surface area contributed by atoms with Crippen LogP contribution in [0.15, 0.2) is 23.2 Å². The Morgan fingerprint density at radius 2 is 2.29 bits per heavy atom. The van der Waals surface area contributed by atoms with Gasteiger partial charge in [-0.2, -0.15) is 0 Å². The minimum absolute atomic E-state index is 0.000557. The zero-order chi connectivity index (χ0) is 12.4. The van der Waals surface area contributed by atoms with Crippen LogP contribution >= 0.6 is 0 Å². The fraction of sp³-hybridized carbons (Fsp3) is 0.273. The molecule has 1 aliphatic rings. The Kier molecular flexibility index (Phi) is 2.86. The summed E-state index contributed by atoms with van der Waals surface area (Å²) in [5.41, 5.74) is 1.27. The van der Waals surface area contributed by atoms with Crippen molar-refractivity contribution < 1.29 is 9.72 Å². The Morgan fingerprint density at radius 1 is 1.53 bits per heavy atom. The molecule has 0 radical (unpaired) electrons. The predicted octanol–water partition coefficient (Wildman–Crippen LogP) is 1.38. The lowest BCUT2D eigenvalue weighted by Crippen LogP contribution is -2.30. The molecule has 0 unspecified atom stereocenters. The van der Waals surface area contributed by atoms with Gasteiger partial charge in [-0.3, -0.25) is 19.9 Å². The van der Waals surface area contributed by atoms with Crippen LogP contribution in [0.4, 0.5) is 11.4 Å². The lowest BCUT2D eigenvalue weighted by atomic mass is 10.1. The van der Waals surface area contributed by atoms with Gasteiger partial charge in [-0.15, -0.1) is 0 Å². The maximum atomic E-state index is 11.5. The maximum absolute atomic E-state index is 11.5. The molecule has 0 aliphatic carbocycles. The highest BCUT2D eigenvalue weighted by atomic mass is 16.6. The molecule has 0 atom stereocenters. The maximum Gasteiger partial charge on any atom is 0.270 e. The first-order valence-corrected chi connectivity index (χ1v) is 5.16. The van der Waals surface area contributed by atoms with Crippen LogP contribution in [0.2, 0.25) is 0 Å². The third kappa shape index (κ3) is 2.15. The van der Waals surface area contributed by atoms with Crippen LogP contribution in [0, 0.1) is 10.1 Å². The van der Waals surface area contributed by atoms with E-state index >= 15 is 0 Å². The average Bonchev–Trinajstić information content (AvgIpc) is 2.49. The Labute approximate surface area is 97.7 Å². The highest BCUT2D eigenvalue weighted by Gasteiger charge is 2.18. The molecule has 0 saturated carbocycles. The minimum atomic E-state index is -0.461. The van der Waals surface area contributed by atoms with E-state index in [4.69, 9.17) is 0 Å². The number of anilines is 1. The van der Waals surface area contributed by atoms with Crippen molar-refractivity contribution in [2.45, 2.75) is 6.92 Å². The molecule has 88 valence electrons. The molecule has 1 aromatic rings. The van der Waals surface area contributed by atoms with E-state index in [0.29, 0.717) is 24.3 Å². The minimum Gasteiger partial charge on any atom is -0.310 e. The van der Waals surface area contributed by atoms with Crippen molar-refractivity contribution in [1.82, 2.24) is 0 Å². The van der Waals surface area contributed by atoms with E-state index in [9.17, 15) is 14.9 Å². The molecule has 1 heterocycles. The van der Waals surface area contributed by atoms with Crippen molar-refractivity contribution in [2.24, 2.45) is 4.99 Å². The van der Waals surface area contributed by atoms with Crippen LogP contribution in [0.5, 0.6) is 0 Å². The second kappa shape index (κ2) is 4.32. The number of amides is 1. The van der Waals surface area contributed by atoms with Crippen molar-refractivity contribution >= 4 is 23.5 Å². The predicted molar refractivity (Wildman–Crippen MR) is 63.6 cm³/mol. The van der Waals surface area contributed by atoms with Gasteiger partial charge in [-0.1, -0.05) is 0 Å². The average molecular weight is 233 g/mol. The van der Waals surface area contributed by atoms with Crippen LogP contribution < -0.4 is 4.90 Å². The van der Waals surface area contributed by atoms with Gasteiger partial charge in [0.15, 0.2) is 0 Å². The molecule has 6 heteroatoms. The van der Waals surface area contributed by atoms with Gasteiger partial charge in [0.2, 0.25) is 5.91 Å². The number of hydrogen-bond acceptors (Lipinski definition) is 4. The Balaban J connectivity index is 2.51. The number of benzodiazepines with no additional fused rings is 1. The number of nitro groups is 1. The van der Waals surface area contributed by atoms with Crippen molar-refractivity contribution in [2.75, 3.05) is 18.0 Å². The third-order valence-electron chi connectivity index (χ3n) is 2.58. The summed E-state index contributed by atoms with van der Waals surface area (Å²) in [5.74, 6) is -0.0920. The molecule has 0 aromatic heterocycles. The van der Waals surface area contributed by atoms with Crippen molar-refractivity contribution in [3.63, 3.8) is 0 Å². The van der Waals surface area contributed by atoms with Gasteiger partial charge in [0.05, 0.1) is 17.2 Å². The van der Waals surface area contributed by atoms with Gasteiger partial charge in [0.25, 0.3) is 5.69 Å². The van der Waals surface area contributed by atoms with Gasteiger partial charge in [0.1, 0.15) is 0 Å². The van der Waals surface area contributed by atoms with Crippen LogP contribution in [0.3, 0.4) is 0 Å². The molecular weight excluding hydrogens is 222 g/mol. The standard InChI is InChI=1S/C11H11N3O3/c1-8(15)13-5-4-12-7-9-6-10(14(16)17)2-3-11(9)13/h2-3,6-7H,4-5H2,1H3. The number of non-ortho nitro benzene ring substituents is 1. The van der Waals surface area contributed by atoms with Crippen molar-refractivity contribution in [1.29, 1.82) is 0 Å². The zero-order valence-electron chi connectivity index (χ0n) is 9.29. The van der Waals surface area contributed by atoms with Crippen LogP contribution in [-0.2, 0) is 4.79 Å². The number of fused-ring (bicyclic) bond motifs is 1. The largest absolute Gasteiger partial charge is 0.310 e. The molecule has 6 nitrogen and oxygen atoms in total. The Morgan fingerprint density at radius 3 is 2.94 bits per heavy atom. The normalized spacial score (nSPS) is 14.1. The first kappa shape index (κ1) is 11.3. The molecule has 17 heavy (non-hydrogen) atoms. The Bertz CT molecular complexity index is 511. The molecule has 0 spiro atoms. The quantitative estimate of drug-likeness (QED) is 0.543. The molecule has 0 N–H and O–H groups in total. The number of hydrogen-bond donors (Lipinski definition) is 0.